The van der Waals surface area contributed by atoms with Gasteiger partial charge in [-0.25, -0.2) is 0 Å². The third-order valence-electron chi connectivity index (χ3n) is 3.68. The molecule has 0 rings (SSSR count). The zero-order valence-corrected chi connectivity index (χ0v) is 14.1. The largest absolute Gasteiger partial charge is 0.0885 e. The minimum absolute atomic E-state index is 0.812. The third-order valence-corrected chi connectivity index (χ3v) is 3.68. The molecule has 0 aromatic carbocycles. The van der Waals surface area contributed by atoms with Crippen molar-refractivity contribution in [2.45, 2.75) is 98.3 Å². The SMILES string of the molecule is CC(C)C/C=C/CCCCCCCCCCC(C)C. The van der Waals surface area contributed by atoms with Gasteiger partial charge in [-0.05, 0) is 31.1 Å². The smallest absolute Gasteiger partial charge is 0.0327 e. The molecule has 0 atom stereocenters. The van der Waals surface area contributed by atoms with E-state index in [0.717, 1.165) is 11.8 Å². The summed E-state index contributed by atoms with van der Waals surface area (Å²) >= 11 is 0. The van der Waals surface area contributed by atoms with E-state index >= 15 is 0 Å². The number of hydrogen-bond acceptors (Lipinski definition) is 0. The molecule has 0 spiro atoms. The number of hydrogen-bond donors (Lipinski definition) is 0. The monoisotopic (exact) mass is 266 g/mol. The maximum atomic E-state index is 2.38. The second kappa shape index (κ2) is 14.2. The van der Waals surface area contributed by atoms with Gasteiger partial charge in [-0.2, -0.15) is 0 Å². The summed E-state index contributed by atoms with van der Waals surface area (Å²) in [6.45, 7) is 9.22. The van der Waals surface area contributed by atoms with Crippen molar-refractivity contribution in [1.82, 2.24) is 0 Å². The van der Waals surface area contributed by atoms with Crippen molar-refractivity contribution in [2.24, 2.45) is 11.8 Å². The Morgan fingerprint density at radius 2 is 1.11 bits per heavy atom. The van der Waals surface area contributed by atoms with Crippen molar-refractivity contribution in [2.75, 3.05) is 0 Å². The molecule has 0 heteroatoms. The lowest BCUT2D eigenvalue weighted by atomic mass is 10.0. The summed E-state index contributed by atoms with van der Waals surface area (Å²) in [5.41, 5.74) is 0. The molecule has 0 aromatic heterocycles. The second-order valence-corrected chi connectivity index (χ2v) is 6.90. The highest BCUT2D eigenvalue weighted by Crippen LogP contribution is 2.13. The molecule has 0 amide bonds. The fraction of sp³-hybridized carbons (Fsp3) is 0.895. The number of rotatable bonds is 13. The molecule has 114 valence electrons. The zero-order valence-electron chi connectivity index (χ0n) is 14.1. The molecule has 0 N–H and O–H groups in total. The maximum Gasteiger partial charge on any atom is -0.0327 e. The molecule has 19 heavy (non-hydrogen) atoms. The molecule has 0 fully saturated rings. The first kappa shape index (κ1) is 18.7. The molecule has 0 aromatic rings. The van der Waals surface area contributed by atoms with Crippen molar-refractivity contribution < 1.29 is 0 Å². The van der Waals surface area contributed by atoms with Crippen LogP contribution in [-0.4, -0.2) is 0 Å². The molecule has 0 nitrogen and oxygen atoms in total. The first-order valence-electron chi connectivity index (χ1n) is 8.78. The van der Waals surface area contributed by atoms with E-state index in [1.807, 2.05) is 0 Å². The zero-order chi connectivity index (χ0) is 14.3. The van der Waals surface area contributed by atoms with E-state index in [0.29, 0.717) is 0 Å². The van der Waals surface area contributed by atoms with E-state index in [4.69, 9.17) is 0 Å². The molecule has 0 bridgehead atoms. The molecular weight excluding hydrogens is 228 g/mol. The minimum Gasteiger partial charge on any atom is -0.0885 e. The van der Waals surface area contributed by atoms with Crippen molar-refractivity contribution in [3.63, 3.8) is 0 Å². The second-order valence-electron chi connectivity index (χ2n) is 6.90. The van der Waals surface area contributed by atoms with Gasteiger partial charge in [0.15, 0.2) is 0 Å². The highest BCUT2D eigenvalue weighted by Gasteiger charge is 1.95. The van der Waals surface area contributed by atoms with Gasteiger partial charge in [0.1, 0.15) is 0 Å². The highest BCUT2D eigenvalue weighted by atomic mass is 14.0. The lowest BCUT2D eigenvalue weighted by molar-refractivity contribution is 0.507. The minimum atomic E-state index is 0.812. The van der Waals surface area contributed by atoms with Crippen molar-refractivity contribution in [3.8, 4) is 0 Å². The van der Waals surface area contributed by atoms with Gasteiger partial charge in [0, 0.05) is 0 Å². The Balaban J connectivity index is 3.05. The summed E-state index contributed by atoms with van der Waals surface area (Å²) in [6, 6.07) is 0. The first-order valence-corrected chi connectivity index (χ1v) is 8.78. The van der Waals surface area contributed by atoms with Crippen LogP contribution in [0.4, 0.5) is 0 Å². The van der Waals surface area contributed by atoms with E-state index in [-0.39, 0.29) is 0 Å². The molecule has 0 radical (unpaired) electrons. The molecule has 0 heterocycles. The van der Waals surface area contributed by atoms with Crippen molar-refractivity contribution in [3.05, 3.63) is 12.2 Å². The van der Waals surface area contributed by atoms with Gasteiger partial charge in [-0.15, -0.1) is 0 Å². The van der Waals surface area contributed by atoms with E-state index in [1.54, 1.807) is 0 Å². The number of allylic oxidation sites excluding steroid dienone is 2. The van der Waals surface area contributed by atoms with Crippen molar-refractivity contribution >= 4 is 0 Å². The summed E-state index contributed by atoms with van der Waals surface area (Å²) in [6.07, 6.45) is 20.2. The van der Waals surface area contributed by atoms with E-state index in [2.05, 4.69) is 39.8 Å². The summed E-state index contributed by atoms with van der Waals surface area (Å²) in [7, 11) is 0. The Bertz CT molecular complexity index is 188. The van der Waals surface area contributed by atoms with Crippen LogP contribution in [0.25, 0.3) is 0 Å². The van der Waals surface area contributed by atoms with Crippen LogP contribution in [0.1, 0.15) is 98.3 Å². The molecule has 0 aliphatic carbocycles. The lowest BCUT2D eigenvalue weighted by Crippen LogP contribution is -1.87. The van der Waals surface area contributed by atoms with Crippen LogP contribution in [0.3, 0.4) is 0 Å². The van der Waals surface area contributed by atoms with Crippen LogP contribution in [0.15, 0.2) is 12.2 Å². The van der Waals surface area contributed by atoms with Gasteiger partial charge in [0.05, 0.1) is 0 Å². The Morgan fingerprint density at radius 1 is 0.579 bits per heavy atom. The van der Waals surface area contributed by atoms with Gasteiger partial charge >= 0.3 is 0 Å². The summed E-state index contributed by atoms with van der Waals surface area (Å²) in [5.74, 6) is 1.70. The summed E-state index contributed by atoms with van der Waals surface area (Å²) < 4.78 is 0. The van der Waals surface area contributed by atoms with Gasteiger partial charge in [-0.3, -0.25) is 0 Å². The molecular formula is C19H38. The van der Waals surface area contributed by atoms with Gasteiger partial charge < -0.3 is 0 Å². The lowest BCUT2D eigenvalue weighted by Gasteiger charge is -2.04. The predicted molar refractivity (Wildman–Crippen MR) is 89.6 cm³/mol. The fourth-order valence-corrected chi connectivity index (χ4v) is 2.36. The Labute approximate surface area is 123 Å². The average molecular weight is 267 g/mol. The molecule has 0 saturated heterocycles. The van der Waals surface area contributed by atoms with Crippen LogP contribution in [0.5, 0.6) is 0 Å². The Morgan fingerprint density at radius 3 is 1.63 bits per heavy atom. The molecule has 0 aliphatic heterocycles. The molecule has 0 aliphatic rings. The quantitative estimate of drug-likeness (QED) is 0.245. The summed E-state index contributed by atoms with van der Waals surface area (Å²) in [5, 5.41) is 0. The molecule has 0 saturated carbocycles. The van der Waals surface area contributed by atoms with Gasteiger partial charge in [-0.1, -0.05) is 91.2 Å². The topological polar surface area (TPSA) is 0 Å². The Hall–Kier alpha value is -0.260. The predicted octanol–water partition coefficient (Wildman–Crippen LogP) is 7.15. The molecule has 0 unspecified atom stereocenters. The summed E-state index contributed by atoms with van der Waals surface area (Å²) in [4.78, 5) is 0. The van der Waals surface area contributed by atoms with Crippen LogP contribution in [0, 0.1) is 11.8 Å². The van der Waals surface area contributed by atoms with Gasteiger partial charge in [0.25, 0.3) is 0 Å². The number of unbranched alkanes of at least 4 members (excludes halogenated alkanes) is 8. The van der Waals surface area contributed by atoms with Crippen LogP contribution in [0.2, 0.25) is 0 Å². The Kier molecular flexibility index (Phi) is 14.0. The standard InChI is InChI=1S/C19H38/c1-18(2)16-14-12-10-8-6-5-7-9-11-13-15-17-19(3)4/h12,14,18-19H,5-11,13,15-17H2,1-4H3/b14-12+. The van der Waals surface area contributed by atoms with E-state index in [1.165, 1.54) is 70.6 Å². The maximum absolute atomic E-state index is 2.38. The van der Waals surface area contributed by atoms with E-state index in [9.17, 15) is 0 Å². The highest BCUT2D eigenvalue weighted by molar-refractivity contribution is 4.82. The van der Waals surface area contributed by atoms with Crippen LogP contribution < -0.4 is 0 Å². The first-order chi connectivity index (χ1) is 9.13. The van der Waals surface area contributed by atoms with E-state index < -0.39 is 0 Å². The van der Waals surface area contributed by atoms with Crippen LogP contribution in [-0.2, 0) is 0 Å². The van der Waals surface area contributed by atoms with Gasteiger partial charge in [0.2, 0.25) is 0 Å². The van der Waals surface area contributed by atoms with Crippen LogP contribution >= 0.6 is 0 Å². The average Bonchev–Trinajstić information content (AvgIpc) is 2.34. The fourth-order valence-electron chi connectivity index (χ4n) is 2.36. The van der Waals surface area contributed by atoms with Crippen molar-refractivity contribution in [1.29, 1.82) is 0 Å². The third kappa shape index (κ3) is 17.7. The normalized spacial score (nSPS) is 12.1.